The number of aromatic nitrogens is 3. The molecule has 0 aromatic carbocycles. The number of hydrogen-bond donors (Lipinski definition) is 2. The van der Waals surface area contributed by atoms with Crippen LogP contribution in [0.4, 0.5) is 0 Å². The van der Waals surface area contributed by atoms with Gasteiger partial charge in [0.1, 0.15) is 11.6 Å². The summed E-state index contributed by atoms with van der Waals surface area (Å²) < 4.78 is 2.27. The van der Waals surface area contributed by atoms with Gasteiger partial charge in [-0.25, -0.2) is 0 Å². The predicted octanol–water partition coefficient (Wildman–Crippen LogP) is 1.48. The van der Waals surface area contributed by atoms with Crippen molar-refractivity contribution in [1.29, 1.82) is 0 Å². The first-order valence-electron chi connectivity index (χ1n) is 7.26. The van der Waals surface area contributed by atoms with E-state index >= 15 is 0 Å². The molecule has 1 aliphatic rings. The van der Waals surface area contributed by atoms with Gasteiger partial charge in [0.05, 0.1) is 0 Å². The fourth-order valence-corrected chi connectivity index (χ4v) is 2.32. The summed E-state index contributed by atoms with van der Waals surface area (Å²) in [6.07, 6.45) is 6.66. The Morgan fingerprint density at radius 3 is 3.00 bits per heavy atom. The summed E-state index contributed by atoms with van der Waals surface area (Å²) in [7, 11) is 0. The molecule has 114 valence electrons. The van der Waals surface area contributed by atoms with Crippen LogP contribution in [0.25, 0.3) is 0 Å². The van der Waals surface area contributed by atoms with E-state index in [-0.39, 0.29) is 24.0 Å². The molecule has 0 radical (unpaired) electrons. The summed E-state index contributed by atoms with van der Waals surface area (Å²) in [6, 6.07) is 0. The third-order valence-electron chi connectivity index (χ3n) is 3.35. The van der Waals surface area contributed by atoms with Crippen molar-refractivity contribution >= 4 is 29.9 Å². The van der Waals surface area contributed by atoms with Crippen LogP contribution in [0.1, 0.15) is 44.3 Å². The van der Waals surface area contributed by atoms with Gasteiger partial charge in [-0.05, 0) is 19.3 Å². The summed E-state index contributed by atoms with van der Waals surface area (Å²) in [4.78, 5) is 4.20. The average molecular weight is 392 g/mol. The highest BCUT2D eigenvalue weighted by molar-refractivity contribution is 14.0. The van der Waals surface area contributed by atoms with Crippen LogP contribution in [0.2, 0.25) is 0 Å². The summed E-state index contributed by atoms with van der Waals surface area (Å²) in [5, 5.41) is 11.7. The van der Waals surface area contributed by atoms with Crippen LogP contribution in [-0.2, 0) is 19.4 Å². The van der Waals surface area contributed by atoms with Gasteiger partial charge < -0.3 is 15.6 Å². The Kier molecular flexibility index (Phi) is 7.86. The zero-order valence-electron chi connectivity index (χ0n) is 12.1. The molecule has 20 heavy (non-hydrogen) atoms. The smallest absolute Gasteiger partial charge is 0.188 e. The van der Waals surface area contributed by atoms with Crippen molar-refractivity contribution in [2.75, 3.05) is 13.1 Å². The second-order valence-electron chi connectivity index (χ2n) is 4.94. The third-order valence-corrected chi connectivity index (χ3v) is 3.35. The predicted molar refractivity (Wildman–Crippen MR) is 91.5 cm³/mol. The van der Waals surface area contributed by atoms with Gasteiger partial charge in [0.15, 0.2) is 5.96 Å². The molecule has 1 aromatic heterocycles. The lowest BCUT2D eigenvalue weighted by Crippen LogP contribution is -2.33. The maximum absolute atomic E-state index is 5.76. The van der Waals surface area contributed by atoms with E-state index < -0.39 is 0 Å². The van der Waals surface area contributed by atoms with E-state index in [0.717, 1.165) is 50.5 Å². The summed E-state index contributed by atoms with van der Waals surface area (Å²) >= 11 is 0. The van der Waals surface area contributed by atoms with Crippen molar-refractivity contribution < 1.29 is 0 Å². The van der Waals surface area contributed by atoms with Gasteiger partial charge >= 0.3 is 0 Å². The molecule has 3 N–H and O–H groups in total. The highest BCUT2D eigenvalue weighted by Gasteiger charge is 2.13. The van der Waals surface area contributed by atoms with Crippen LogP contribution in [0, 0.1) is 0 Å². The number of aliphatic imine (C=N–C) groups is 1. The lowest BCUT2D eigenvalue weighted by atomic mass is 10.2. The maximum atomic E-state index is 5.76. The van der Waals surface area contributed by atoms with Crippen molar-refractivity contribution in [2.45, 2.75) is 52.0 Å². The molecule has 0 unspecified atom stereocenters. The molecule has 7 heteroatoms. The topological polar surface area (TPSA) is 81.1 Å². The molecule has 6 nitrogen and oxygen atoms in total. The zero-order valence-corrected chi connectivity index (χ0v) is 14.5. The average Bonchev–Trinajstić information content (AvgIpc) is 2.65. The monoisotopic (exact) mass is 392 g/mol. The number of halogens is 1. The summed E-state index contributed by atoms with van der Waals surface area (Å²) in [6.45, 7) is 4.68. The number of fused-ring (bicyclic) bond motifs is 1. The van der Waals surface area contributed by atoms with E-state index in [1.54, 1.807) is 0 Å². The molecule has 0 fully saturated rings. The minimum Gasteiger partial charge on any atom is -0.370 e. The Bertz CT molecular complexity index is 428. The molecule has 1 aromatic rings. The van der Waals surface area contributed by atoms with E-state index in [4.69, 9.17) is 5.73 Å². The van der Waals surface area contributed by atoms with Gasteiger partial charge in [-0.1, -0.05) is 13.3 Å². The molecule has 1 aliphatic heterocycles. The number of nitrogens with zero attached hydrogens (tertiary/aromatic N) is 4. The molecule has 0 saturated carbocycles. The summed E-state index contributed by atoms with van der Waals surface area (Å²) in [5.74, 6) is 2.73. The highest BCUT2D eigenvalue weighted by atomic mass is 127. The number of aryl methyl sites for hydroxylation is 1. The number of nitrogens with one attached hydrogen (secondary N) is 1. The molecule has 2 heterocycles. The van der Waals surface area contributed by atoms with Crippen LogP contribution in [-0.4, -0.2) is 33.8 Å². The fourth-order valence-electron chi connectivity index (χ4n) is 2.32. The quantitative estimate of drug-likeness (QED) is 0.452. The minimum atomic E-state index is 0. The van der Waals surface area contributed by atoms with Gasteiger partial charge in [0.2, 0.25) is 0 Å². The molecule has 0 spiro atoms. The largest absolute Gasteiger partial charge is 0.370 e. The number of guanidine groups is 1. The maximum Gasteiger partial charge on any atom is 0.188 e. The van der Waals surface area contributed by atoms with Crippen molar-refractivity contribution in [2.24, 2.45) is 10.7 Å². The SMILES string of the molecule is CCCN=C(N)NCCc1nnc2n1CCCCC2.I. The number of nitrogens with two attached hydrogens (primary N) is 1. The first-order valence-corrected chi connectivity index (χ1v) is 7.26. The van der Waals surface area contributed by atoms with Gasteiger partial charge in [0, 0.05) is 32.5 Å². The van der Waals surface area contributed by atoms with Gasteiger partial charge in [-0.2, -0.15) is 0 Å². The van der Waals surface area contributed by atoms with Gasteiger partial charge in [-0.15, -0.1) is 34.2 Å². The van der Waals surface area contributed by atoms with Crippen molar-refractivity contribution in [3.63, 3.8) is 0 Å². The third kappa shape index (κ3) is 4.92. The zero-order chi connectivity index (χ0) is 13.5. The lowest BCUT2D eigenvalue weighted by Gasteiger charge is -2.08. The van der Waals surface area contributed by atoms with Crippen molar-refractivity contribution in [3.8, 4) is 0 Å². The standard InChI is InChI=1S/C13H24N6.HI/c1-2-8-15-13(14)16-9-7-12-18-17-11-6-4-3-5-10-19(11)12;/h2-10H2,1H3,(H3,14,15,16);1H. The number of rotatable bonds is 5. The highest BCUT2D eigenvalue weighted by Crippen LogP contribution is 2.14. The van der Waals surface area contributed by atoms with Crippen LogP contribution in [0.3, 0.4) is 0 Å². The van der Waals surface area contributed by atoms with Crippen LogP contribution in [0.5, 0.6) is 0 Å². The molecule has 0 bridgehead atoms. The van der Waals surface area contributed by atoms with Crippen molar-refractivity contribution in [1.82, 2.24) is 20.1 Å². The van der Waals surface area contributed by atoms with Gasteiger partial charge in [0.25, 0.3) is 0 Å². The van der Waals surface area contributed by atoms with Gasteiger partial charge in [-0.3, -0.25) is 4.99 Å². The van der Waals surface area contributed by atoms with E-state index in [2.05, 4.69) is 32.0 Å². The molecule has 0 saturated heterocycles. The minimum absolute atomic E-state index is 0. The first-order chi connectivity index (χ1) is 9.31. The van der Waals surface area contributed by atoms with Crippen LogP contribution < -0.4 is 11.1 Å². The van der Waals surface area contributed by atoms with Crippen molar-refractivity contribution in [3.05, 3.63) is 11.6 Å². The Hall–Kier alpha value is -0.860. The normalized spacial score (nSPS) is 15.2. The molecule has 0 atom stereocenters. The molecular weight excluding hydrogens is 367 g/mol. The Morgan fingerprint density at radius 1 is 1.35 bits per heavy atom. The molecular formula is C13H25IN6. The summed E-state index contributed by atoms with van der Waals surface area (Å²) in [5.41, 5.74) is 5.76. The Balaban J connectivity index is 0.00000200. The first kappa shape index (κ1) is 17.2. The molecule has 0 amide bonds. The Morgan fingerprint density at radius 2 is 2.20 bits per heavy atom. The second kappa shape index (κ2) is 9.15. The molecule has 2 rings (SSSR count). The number of hydrogen-bond acceptors (Lipinski definition) is 3. The van der Waals surface area contributed by atoms with Crippen LogP contribution >= 0.6 is 24.0 Å². The van der Waals surface area contributed by atoms with E-state index in [1.807, 2.05) is 0 Å². The van der Waals surface area contributed by atoms with E-state index in [1.165, 1.54) is 19.3 Å². The fraction of sp³-hybridized carbons (Fsp3) is 0.769. The van der Waals surface area contributed by atoms with E-state index in [0.29, 0.717) is 5.96 Å². The van der Waals surface area contributed by atoms with Crippen LogP contribution in [0.15, 0.2) is 4.99 Å². The molecule has 0 aliphatic carbocycles. The lowest BCUT2D eigenvalue weighted by molar-refractivity contribution is 0.601. The second-order valence-corrected chi connectivity index (χ2v) is 4.94. The Labute approximate surface area is 137 Å². The van der Waals surface area contributed by atoms with E-state index in [9.17, 15) is 0 Å².